The van der Waals surface area contributed by atoms with E-state index in [1.54, 1.807) is 25.1 Å². The van der Waals surface area contributed by atoms with E-state index >= 15 is 0 Å². The lowest BCUT2D eigenvalue weighted by Gasteiger charge is -2.31. The molecule has 0 radical (unpaired) electrons. The minimum absolute atomic E-state index is 0.345. The molecule has 5 nitrogen and oxygen atoms in total. The Morgan fingerprint density at radius 3 is 2.57 bits per heavy atom. The zero-order valence-corrected chi connectivity index (χ0v) is 12.9. The van der Waals surface area contributed by atoms with Crippen LogP contribution < -0.4 is 10.5 Å². The van der Waals surface area contributed by atoms with Gasteiger partial charge in [-0.25, -0.2) is 4.39 Å². The molecule has 1 saturated heterocycles. The highest BCUT2D eigenvalue weighted by molar-refractivity contribution is 7.87. The van der Waals surface area contributed by atoms with Crippen LogP contribution in [0.4, 0.5) is 4.39 Å². The molecule has 0 aromatic heterocycles. The Labute approximate surface area is 125 Å². The van der Waals surface area contributed by atoms with Crippen molar-refractivity contribution in [1.29, 1.82) is 0 Å². The van der Waals surface area contributed by atoms with Crippen LogP contribution in [0.5, 0.6) is 0 Å². The molecule has 21 heavy (non-hydrogen) atoms. The van der Waals surface area contributed by atoms with Crippen molar-refractivity contribution in [2.45, 2.75) is 25.8 Å². The van der Waals surface area contributed by atoms with Gasteiger partial charge in [0.05, 0.1) is 0 Å². The van der Waals surface area contributed by atoms with Crippen LogP contribution >= 0.6 is 0 Å². The van der Waals surface area contributed by atoms with Gasteiger partial charge in [-0.2, -0.15) is 17.4 Å². The summed E-state index contributed by atoms with van der Waals surface area (Å²) in [5.41, 5.74) is 5.95. The molecular weight excluding hydrogens is 293 g/mol. The largest absolute Gasteiger partial charge is 0.330 e. The monoisotopic (exact) mass is 315 g/mol. The highest BCUT2D eigenvalue weighted by atomic mass is 32.2. The number of nitrogens with one attached hydrogen (secondary N) is 1. The number of hydrogen-bond acceptors (Lipinski definition) is 3. The average molecular weight is 315 g/mol. The number of benzene rings is 1. The molecule has 1 heterocycles. The topological polar surface area (TPSA) is 75.4 Å². The smallest absolute Gasteiger partial charge is 0.279 e. The fourth-order valence-electron chi connectivity index (χ4n) is 2.57. The van der Waals surface area contributed by atoms with Gasteiger partial charge in [0.2, 0.25) is 0 Å². The normalized spacial score (nSPS) is 19.6. The first-order valence-electron chi connectivity index (χ1n) is 7.16. The van der Waals surface area contributed by atoms with Crippen LogP contribution in [0.3, 0.4) is 0 Å². The number of nitrogens with zero attached hydrogens (tertiary/aromatic N) is 1. The van der Waals surface area contributed by atoms with E-state index in [1.807, 2.05) is 0 Å². The molecule has 0 bridgehead atoms. The molecule has 1 aliphatic heterocycles. The Morgan fingerprint density at radius 2 is 2.00 bits per heavy atom. The van der Waals surface area contributed by atoms with Crippen molar-refractivity contribution in [2.75, 3.05) is 19.6 Å². The van der Waals surface area contributed by atoms with E-state index in [-0.39, 0.29) is 0 Å². The number of halogens is 1. The fourth-order valence-corrected chi connectivity index (χ4v) is 3.99. The summed E-state index contributed by atoms with van der Waals surface area (Å²) in [7, 11) is -3.60. The number of hydrogen-bond donors (Lipinski definition) is 2. The van der Waals surface area contributed by atoms with Gasteiger partial charge in [-0.3, -0.25) is 0 Å². The van der Waals surface area contributed by atoms with Crippen LogP contribution in [-0.4, -0.2) is 32.4 Å². The van der Waals surface area contributed by atoms with Crippen LogP contribution in [0.25, 0.3) is 0 Å². The highest BCUT2D eigenvalue weighted by Crippen LogP contribution is 2.21. The van der Waals surface area contributed by atoms with Gasteiger partial charge in [0, 0.05) is 24.7 Å². The summed E-state index contributed by atoms with van der Waals surface area (Å²) < 4.78 is 42.3. The van der Waals surface area contributed by atoms with E-state index in [2.05, 4.69) is 4.72 Å². The van der Waals surface area contributed by atoms with Crippen molar-refractivity contribution < 1.29 is 12.8 Å². The van der Waals surface area contributed by atoms with Crippen molar-refractivity contribution in [3.8, 4) is 0 Å². The molecule has 3 N–H and O–H groups in total. The Hall–Kier alpha value is -1.02. The van der Waals surface area contributed by atoms with E-state index in [0.717, 1.165) is 12.8 Å². The Balaban J connectivity index is 2.03. The molecule has 118 valence electrons. The summed E-state index contributed by atoms with van der Waals surface area (Å²) in [4.78, 5) is 0. The third-order valence-corrected chi connectivity index (χ3v) is 5.64. The zero-order chi connectivity index (χ0) is 15.5. The first-order valence-corrected chi connectivity index (χ1v) is 8.60. The quantitative estimate of drug-likeness (QED) is 0.862. The maximum absolute atomic E-state index is 13.7. The van der Waals surface area contributed by atoms with Gasteiger partial charge in [-0.1, -0.05) is 18.2 Å². The second kappa shape index (κ2) is 6.83. The lowest BCUT2D eigenvalue weighted by molar-refractivity contribution is 0.274. The van der Waals surface area contributed by atoms with E-state index < -0.39 is 22.1 Å². The van der Waals surface area contributed by atoms with Crippen molar-refractivity contribution in [2.24, 2.45) is 11.7 Å². The van der Waals surface area contributed by atoms with Crippen molar-refractivity contribution in [1.82, 2.24) is 9.03 Å². The number of rotatable bonds is 5. The minimum atomic E-state index is -3.60. The third-order valence-electron chi connectivity index (χ3n) is 3.94. The molecular formula is C14H22FN3O2S. The molecule has 7 heteroatoms. The molecule has 1 unspecified atom stereocenters. The maximum Gasteiger partial charge on any atom is 0.279 e. The average Bonchev–Trinajstić information content (AvgIpc) is 2.47. The van der Waals surface area contributed by atoms with Gasteiger partial charge in [-0.05, 0) is 38.3 Å². The van der Waals surface area contributed by atoms with Crippen molar-refractivity contribution in [3.05, 3.63) is 35.6 Å². The third kappa shape index (κ3) is 4.00. The molecule has 0 aliphatic carbocycles. The zero-order valence-electron chi connectivity index (χ0n) is 12.1. The van der Waals surface area contributed by atoms with Crippen molar-refractivity contribution >= 4 is 10.2 Å². The first kappa shape index (κ1) is 16.4. The van der Waals surface area contributed by atoms with E-state index in [0.29, 0.717) is 31.1 Å². The first-order chi connectivity index (χ1) is 9.94. The SMILES string of the molecule is CC(NS(=O)(=O)N1CCC(CN)CC1)c1ccccc1F. The van der Waals surface area contributed by atoms with E-state index in [9.17, 15) is 12.8 Å². The molecule has 1 aromatic carbocycles. The molecule has 0 saturated carbocycles. The second-order valence-electron chi connectivity index (χ2n) is 5.44. The van der Waals surface area contributed by atoms with Crippen LogP contribution in [0.2, 0.25) is 0 Å². The van der Waals surface area contributed by atoms with Crippen LogP contribution in [0.15, 0.2) is 24.3 Å². The lowest BCUT2D eigenvalue weighted by atomic mass is 9.99. The summed E-state index contributed by atoms with van der Waals surface area (Å²) in [5, 5.41) is 0. The summed E-state index contributed by atoms with van der Waals surface area (Å²) in [6.45, 7) is 3.15. The molecule has 0 amide bonds. The molecule has 1 atom stereocenters. The lowest BCUT2D eigenvalue weighted by Crippen LogP contribution is -2.46. The summed E-state index contributed by atoms with van der Waals surface area (Å²) in [5.74, 6) is -0.0185. The van der Waals surface area contributed by atoms with E-state index in [1.165, 1.54) is 10.4 Å². The molecule has 1 fully saturated rings. The molecule has 1 aromatic rings. The van der Waals surface area contributed by atoms with Gasteiger partial charge < -0.3 is 5.73 Å². The van der Waals surface area contributed by atoms with Gasteiger partial charge in [0.1, 0.15) is 5.82 Å². The standard InChI is InChI=1S/C14H22FN3O2S/c1-11(13-4-2-3-5-14(13)15)17-21(19,20)18-8-6-12(10-16)7-9-18/h2-5,11-12,17H,6-10,16H2,1H3. The summed E-state index contributed by atoms with van der Waals surface area (Å²) >= 11 is 0. The summed E-state index contributed by atoms with van der Waals surface area (Å²) in [6, 6.07) is 5.58. The summed E-state index contributed by atoms with van der Waals surface area (Å²) in [6.07, 6.45) is 1.54. The van der Waals surface area contributed by atoms with Crippen molar-refractivity contribution in [3.63, 3.8) is 0 Å². The fraction of sp³-hybridized carbons (Fsp3) is 0.571. The maximum atomic E-state index is 13.7. The number of nitrogens with two attached hydrogens (primary N) is 1. The Morgan fingerprint density at radius 1 is 1.38 bits per heavy atom. The Bertz CT molecular complexity index is 571. The van der Waals surface area contributed by atoms with Gasteiger partial charge in [-0.15, -0.1) is 0 Å². The van der Waals surface area contributed by atoms with Crippen LogP contribution in [0, 0.1) is 11.7 Å². The van der Waals surface area contributed by atoms with Gasteiger partial charge >= 0.3 is 0 Å². The van der Waals surface area contributed by atoms with E-state index in [4.69, 9.17) is 5.73 Å². The Kier molecular flexibility index (Phi) is 5.32. The molecule has 0 spiro atoms. The van der Waals surface area contributed by atoms with Gasteiger partial charge in [0.15, 0.2) is 0 Å². The van der Waals surface area contributed by atoms with Crippen LogP contribution in [-0.2, 0) is 10.2 Å². The molecule has 2 rings (SSSR count). The van der Waals surface area contributed by atoms with Crippen LogP contribution in [0.1, 0.15) is 31.4 Å². The minimum Gasteiger partial charge on any atom is -0.330 e. The number of piperidine rings is 1. The predicted molar refractivity (Wildman–Crippen MR) is 80.2 cm³/mol. The van der Waals surface area contributed by atoms with Gasteiger partial charge in [0.25, 0.3) is 10.2 Å². The predicted octanol–water partition coefficient (Wildman–Crippen LogP) is 1.39. The molecule has 1 aliphatic rings. The second-order valence-corrected chi connectivity index (χ2v) is 7.15. The highest BCUT2D eigenvalue weighted by Gasteiger charge is 2.29.